The minimum absolute atomic E-state index is 0.329. The number of hydrogen-bond donors (Lipinski definition) is 1. The van der Waals surface area contributed by atoms with Crippen LogP contribution in [-0.2, 0) is 0 Å². The lowest BCUT2D eigenvalue weighted by Gasteiger charge is -2.47. The van der Waals surface area contributed by atoms with E-state index in [1.54, 1.807) is 0 Å². The van der Waals surface area contributed by atoms with Crippen molar-refractivity contribution in [2.24, 2.45) is 11.8 Å². The number of terminal acetylenes is 1. The van der Waals surface area contributed by atoms with Crippen molar-refractivity contribution in [3.63, 3.8) is 0 Å². The molecule has 2 aliphatic rings. The van der Waals surface area contributed by atoms with E-state index in [2.05, 4.69) is 36.9 Å². The van der Waals surface area contributed by atoms with Crippen LogP contribution in [0.15, 0.2) is 0 Å². The van der Waals surface area contributed by atoms with Crippen molar-refractivity contribution >= 4 is 0 Å². The molecule has 2 fully saturated rings. The molecule has 1 N–H and O–H groups in total. The molecule has 0 radical (unpaired) electrons. The van der Waals surface area contributed by atoms with Gasteiger partial charge in [0.1, 0.15) is 0 Å². The van der Waals surface area contributed by atoms with Crippen LogP contribution in [-0.4, -0.2) is 36.1 Å². The first-order valence-corrected chi connectivity index (χ1v) is 9.12. The summed E-state index contributed by atoms with van der Waals surface area (Å²) in [5.41, 5.74) is 0. The summed E-state index contributed by atoms with van der Waals surface area (Å²) in [5.74, 6) is 4.61. The third-order valence-corrected chi connectivity index (χ3v) is 5.57. The molecule has 0 spiro atoms. The van der Waals surface area contributed by atoms with Crippen LogP contribution in [0.3, 0.4) is 0 Å². The quantitative estimate of drug-likeness (QED) is 0.777. The maximum Gasteiger partial charge on any atom is 0.0715 e. The summed E-state index contributed by atoms with van der Waals surface area (Å²) in [5, 5.41) is 3.86. The maximum absolute atomic E-state index is 5.86. The molecule has 2 heteroatoms. The largest absolute Gasteiger partial charge is 0.311 e. The van der Waals surface area contributed by atoms with E-state index in [0.29, 0.717) is 24.0 Å². The highest BCUT2D eigenvalue weighted by Crippen LogP contribution is 2.30. The highest BCUT2D eigenvalue weighted by Gasteiger charge is 2.36. The van der Waals surface area contributed by atoms with E-state index in [9.17, 15) is 0 Å². The van der Waals surface area contributed by atoms with Gasteiger partial charge in [0, 0.05) is 25.2 Å². The second-order valence-electron chi connectivity index (χ2n) is 7.39. The van der Waals surface area contributed by atoms with Crippen molar-refractivity contribution in [3.05, 3.63) is 0 Å². The van der Waals surface area contributed by atoms with E-state index in [0.717, 1.165) is 25.4 Å². The Labute approximate surface area is 132 Å². The summed E-state index contributed by atoms with van der Waals surface area (Å²) < 4.78 is 0. The second kappa shape index (κ2) is 8.20. The normalized spacial score (nSPS) is 30.2. The van der Waals surface area contributed by atoms with E-state index < -0.39 is 0 Å². The van der Waals surface area contributed by atoms with Gasteiger partial charge in [0.25, 0.3) is 0 Å². The molecule has 3 atom stereocenters. The predicted octanol–water partition coefficient (Wildman–Crippen LogP) is 3.67. The Bertz CT molecular complexity index is 338. The highest BCUT2D eigenvalue weighted by atomic mass is 15.3. The van der Waals surface area contributed by atoms with Crippen LogP contribution < -0.4 is 5.32 Å². The summed E-state index contributed by atoms with van der Waals surface area (Å²) in [4.78, 5) is 2.66. The lowest BCUT2D eigenvalue weighted by Crippen LogP contribution is -2.62. The number of nitrogens with zero attached hydrogens (tertiary/aromatic N) is 1. The van der Waals surface area contributed by atoms with Gasteiger partial charge in [-0.3, -0.25) is 4.90 Å². The maximum atomic E-state index is 5.86. The fourth-order valence-electron chi connectivity index (χ4n) is 4.26. The van der Waals surface area contributed by atoms with Gasteiger partial charge in [-0.15, -0.1) is 6.42 Å². The average Bonchev–Trinajstić information content (AvgIpc) is 2.52. The van der Waals surface area contributed by atoms with Crippen LogP contribution in [0.1, 0.15) is 65.7 Å². The summed E-state index contributed by atoms with van der Waals surface area (Å²) in [6.07, 6.45) is 15.3. The van der Waals surface area contributed by atoms with Crippen LogP contribution in [0.2, 0.25) is 0 Å². The fraction of sp³-hybridized carbons (Fsp3) is 0.895. The molecular formula is C19H34N2. The average molecular weight is 290 g/mol. The summed E-state index contributed by atoms with van der Waals surface area (Å²) >= 11 is 0. The lowest BCUT2D eigenvalue weighted by atomic mass is 9.81. The van der Waals surface area contributed by atoms with Gasteiger partial charge in [0.15, 0.2) is 0 Å². The van der Waals surface area contributed by atoms with Gasteiger partial charge < -0.3 is 5.32 Å². The molecule has 0 aromatic heterocycles. The SMILES string of the molecule is C#CC(CCC)N1CC(C2CCCCC2)NCC1C(C)C. The molecule has 0 bridgehead atoms. The van der Waals surface area contributed by atoms with Crippen molar-refractivity contribution in [3.8, 4) is 12.3 Å². The van der Waals surface area contributed by atoms with Crippen molar-refractivity contribution in [1.82, 2.24) is 10.2 Å². The first kappa shape index (κ1) is 16.8. The molecule has 120 valence electrons. The van der Waals surface area contributed by atoms with Crippen molar-refractivity contribution in [2.75, 3.05) is 13.1 Å². The molecule has 3 unspecified atom stereocenters. The lowest BCUT2D eigenvalue weighted by molar-refractivity contribution is 0.0512. The molecular weight excluding hydrogens is 256 g/mol. The molecule has 1 saturated heterocycles. The molecule has 0 aromatic rings. The smallest absolute Gasteiger partial charge is 0.0715 e. The van der Waals surface area contributed by atoms with Crippen molar-refractivity contribution in [1.29, 1.82) is 0 Å². The molecule has 1 aliphatic heterocycles. The molecule has 2 rings (SSSR count). The Kier molecular flexibility index (Phi) is 6.58. The van der Waals surface area contributed by atoms with Gasteiger partial charge in [-0.05, 0) is 31.1 Å². The van der Waals surface area contributed by atoms with E-state index >= 15 is 0 Å². The Balaban J connectivity index is 2.05. The van der Waals surface area contributed by atoms with Gasteiger partial charge in [0.2, 0.25) is 0 Å². The Morgan fingerprint density at radius 3 is 2.52 bits per heavy atom. The molecule has 1 heterocycles. The molecule has 0 aromatic carbocycles. The van der Waals surface area contributed by atoms with Gasteiger partial charge in [-0.1, -0.05) is 52.4 Å². The third kappa shape index (κ3) is 4.24. The Hall–Kier alpha value is -0.520. The third-order valence-electron chi connectivity index (χ3n) is 5.57. The number of rotatable bonds is 5. The first-order valence-electron chi connectivity index (χ1n) is 9.12. The summed E-state index contributed by atoms with van der Waals surface area (Å²) in [6.45, 7) is 9.18. The summed E-state index contributed by atoms with van der Waals surface area (Å²) in [6, 6.07) is 1.58. The Morgan fingerprint density at radius 1 is 1.24 bits per heavy atom. The van der Waals surface area contributed by atoms with Gasteiger partial charge >= 0.3 is 0 Å². The zero-order valence-electron chi connectivity index (χ0n) is 14.3. The molecule has 21 heavy (non-hydrogen) atoms. The second-order valence-corrected chi connectivity index (χ2v) is 7.39. The Morgan fingerprint density at radius 2 is 1.95 bits per heavy atom. The molecule has 2 nitrogen and oxygen atoms in total. The number of hydrogen-bond acceptors (Lipinski definition) is 2. The van der Waals surface area contributed by atoms with Crippen LogP contribution >= 0.6 is 0 Å². The number of nitrogens with one attached hydrogen (secondary N) is 1. The van der Waals surface area contributed by atoms with E-state index in [1.807, 2.05) is 0 Å². The van der Waals surface area contributed by atoms with Crippen LogP contribution in [0.4, 0.5) is 0 Å². The summed E-state index contributed by atoms with van der Waals surface area (Å²) in [7, 11) is 0. The molecule has 1 saturated carbocycles. The van der Waals surface area contributed by atoms with E-state index in [-0.39, 0.29) is 0 Å². The number of piperazine rings is 1. The monoisotopic (exact) mass is 290 g/mol. The minimum atomic E-state index is 0.329. The van der Waals surface area contributed by atoms with Crippen LogP contribution in [0.5, 0.6) is 0 Å². The highest BCUT2D eigenvalue weighted by molar-refractivity contribution is 5.05. The molecule has 0 amide bonds. The van der Waals surface area contributed by atoms with Gasteiger partial charge in [0.05, 0.1) is 6.04 Å². The first-order chi connectivity index (χ1) is 10.2. The van der Waals surface area contributed by atoms with Crippen LogP contribution in [0, 0.1) is 24.2 Å². The topological polar surface area (TPSA) is 15.3 Å². The van der Waals surface area contributed by atoms with E-state index in [4.69, 9.17) is 6.42 Å². The van der Waals surface area contributed by atoms with Gasteiger partial charge in [-0.25, -0.2) is 0 Å². The zero-order valence-corrected chi connectivity index (χ0v) is 14.3. The van der Waals surface area contributed by atoms with Crippen LogP contribution in [0.25, 0.3) is 0 Å². The van der Waals surface area contributed by atoms with Gasteiger partial charge in [-0.2, -0.15) is 0 Å². The fourth-order valence-corrected chi connectivity index (χ4v) is 4.26. The van der Waals surface area contributed by atoms with Crippen molar-refractivity contribution < 1.29 is 0 Å². The zero-order chi connectivity index (χ0) is 15.2. The van der Waals surface area contributed by atoms with E-state index in [1.165, 1.54) is 38.5 Å². The predicted molar refractivity (Wildman–Crippen MR) is 91.2 cm³/mol. The van der Waals surface area contributed by atoms with Crippen molar-refractivity contribution in [2.45, 2.75) is 83.8 Å². The minimum Gasteiger partial charge on any atom is -0.311 e. The standard InChI is InChI=1S/C19H34N2/c1-5-10-17(6-2)21-14-18(16-11-8-7-9-12-16)20-13-19(21)15(3)4/h2,15-20H,5,7-14H2,1,3-4H3. The molecule has 1 aliphatic carbocycles.